The highest BCUT2D eigenvalue weighted by Crippen LogP contribution is 2.41. The van der Waals surface area contributed by atoms with Crippen LogP contribution in [-0.4, -0.2) is 68.1 Å². The topological polar surface area (TPSA) is 267 Å². The first-order valence-electron chi connectivity index (χ1n) is 16.7. The molecular formula is C39H52N10O7. The number of ether oxygens (including phenoxy) is 6. The lowest BCUT2D eigenvalue weighted by molar-refractivity contribution is 0.324. The van der Waals surface area contributed by atoms with Crippen LogP contribution in [0.1, 0.15) is 29.7 Å². The highest BCUT2D eigenvalue weighted by molar-refractivity contribution is 5.93. The lowest BCUT2D eigenvalue weighted by atomic mass is 10.0. The molecule has 2 heterocycles. The van der Waals surface area contributed by atoms with Crippen LogP contribution >= 0.6 is 0 Å². The molecule has 17 heteroatoms. The van der Waals surface area contributed by atoms with E-state index in [0.29, 0.717) is 59.2 Å². The number of hydrogen-bond acceptors (Lipinski definition) is 16. The van der Waals surface area contributed by atoms with E-state index in [2.05, 4.69) is 30.6 Å². The Morgan fingerprint density at radius 2 is 0.821 bits per heavy atom. The maximum atomic E-state index is 6.04. The Labute approximate surface area is 325 Å². The first kappa shape index (κ1) is 43.5. The Morgan fingerprint density at radius 1 is 0.500 bits per heavy atom. The fourth-order valence-corrected chi connectivity index (χ4v) is 6.11. The minimum Gasteiger partial charge on any atom is -0.493 e. The van der Waals surface area contributed by atoms with Gasteiger partial charge >= 0.3 is 0 Å². The number of hydrogen-bond donors (Lipinski definition) is 6. The summed E-state index contributed by atoms with van der Waals surface area (Å²) in [4.78, 5) is 16.6. The van der Waals surface area contributed by atoms with Crippen LogP contribution in [0.4, 0.5) is 34.9 Å². The Bertz CT molecular complexity index is 2100. The van der Waals surface area contributed by atoms with Gasteiger partial charge in [-0.05, 0) is 48.2 Å². The third-order valence-electron chi connectivity index (χ3n) is 8.86. The number of nitrogens with zero attached hydrogens (tertiary/aromatic N) is 4. The third kappa shape index (κ3) is 9.07. The monoisotopic (exact) mass is 772 g/mol. The van der Waals surface area contributed by atoms with E-state index in [-0.39, 0.29) is 24.8 Å². The molecule has 0 aliphatic rings. The van der Waals surface area contributed by atoms with Crippen LogP contribution in [0, 0.1) is 13.8 Å². The van der Waals surface area contributed by atoms with Gasteiger partial charge in [0.2, 0.25) is 23.4 Å². The maximum Gasteiger partial charge on any atom is 0.222 e. The zero-order chi connectivity index (χ0) is 39.1. The van der Waals surface area contributed by atoms with Gasteiger partial charge in [0.1, 0.15) is 11.6 Å². The number of aryl methyl sites for hydroxylation is 2. The summed E-state index contributed by atoms with van der Waals surface area (Å²) in [5, 5.41) is 8.38. The molecule has 0 bridgehead atoms. The zero-order valence-electron chi connectivity index (χ0n) is 32.1. The molecule has 6 rings (SSSR count). The van der Waals surface area contributed by atoms with Gasteiger partial charge in [-0.3, -0.25) is 0 Å². The van der Waals surface area contributed by atoms with Crippen molar-refractivity contribution in [1.29, 1.82) is 0 Å². The molecule has 0 fully saturated rings. The number of fused-ring (bicyclic) bond motifs is 2. The van der Waals surface area contributed by atoms with Gasteiger partial charge in [0.25, 0.3) is 0 Å². The average Bonchev–Trinajstić information content (AvgIpc) is 3.16. The van der Waals surface area contributed by atoms with Crippen molar-refractivity contribution in [3.8, 4) is 34.5 Å². The van der Waals surface area contributed by atoms with Gasteiger partial charge in [-0.1, -0.05) is 19.6 Å². The Kier molecular flexibility index (Phi) is 14.7. The molecule has 6 aromatic rings. The molecular weight excluding hydrogens is 720 g/mol. The number of anilines is 6. The highest BCUT2D eigenvalue weighted by atomic mass is 16.5. The van der Waals surface area contributed by atoms with Crippen molar-refractivity contribution in [1.82, 2.24) is 19.9 Å². The number of benzene rings is 4. The van der Waals surface area contributed by atoms with Crippen molar-refractivity contribution < 1.29 is 33.9 Å². The second-order valence-electron chi connectivity index (χ2n) is 12.0. The molecule has 0 saturated carbocycles. The van der Waals surface area contributed by atoms with E-state index in [1.54, 1.807) is 42.7 Å². The Morgan fingerprint density at radius 3 is 1.11 bits per heavy atom. The van der Waals surface area contributed by atoms with E-state index < -0.39 is 0 Å². The van der Waals surface area contributed by atoms with Crippen molar-refractivity contribution >= 4 is 56.7 Å². The van der Waals surface area contributed by atoms with Crippen molar-refractivity contribution in [3.63, 3.8) is 0 Å². The third-order valence-corrected chi connectivity index (χ3v) is 8.86. The van der Waals surface area contributed by atoms with Gasteiger partial charge in [0.15, 0.2) is 23.0 Å². The van der Waals surface area contributed by atoms with Crippen molar-refractivity contribution in [2.24, 2.45) is 0 Å². The maximum absolute atomic E-state index is 6.04. The summed E-state index contributed by atoms with van der Waals surface area (Å²) in [7, 11) is 9.49. The SMILES string of the molecule is C.COc1cc(NCc2ccc3nc(N)nc(N)c3c2C)cc(OC)c1OC.COc1cc(NCc2ccc3nc(N)nc(N)c3c2C)cc(OC)c1OC.O. The predicted octanol–water partition coefficient (Wildman–Crippen LogP) is 5.29. The van der Waals surface area contributed by atoms with Crippen LogP contribution in [-0.2, 0) is 13.1 Å². The predicted molar refractivity (Wildman–Crippen MR) is 223 cm³/mol. The van der Waals surface area contributed by atoms with E-state index in [9.17, 15) is 0 Å². The van der Waals surface area contributed by atoms with E-state index in [0.717, 1.165) is 55.4 Å². The molecule has 0 unspecified atom stereocenters. The van der Waals surface area contributed by atoms with E-state index in [1.165, 1.54) is 0 Å². The minimum absolute atomic E-state index is 0. The van der Waals surface area contributed by atoms with Gasteiger partial charge in [-0.25, -0.2) is 9.97 Å². The van der Waals surface area contributed by atoms with Gasteiger partial charge in [-0.2, -0.15) is 9.97 Å². The van der Waals surface area contributed by atoms with Gasteiger partial charge in [-0.15, -0.1) is 0 Å². The summed E-state index contributed by atoms with van der Waals surface area (Å²) in [5.41, 5.74) is 30.7. The molecule has 0 amide bonds. The summed E-state index contributed by atoms with van der Waals surface area (Å²) in [6.07, 6.45) is 0. The summed E-state index contributed by atoms with van der Waals surface area (Å²) >= 11 is 0. The molecule has 0 atom stereocenters. The van der Waals surface area contributed by atoms with Crippen LogP contribution < -0.4 is 62.0 Å². The van der Waals surface area contributed by atoms with E-state index in [1.807, 2.05) is 62.4 Å². The largest absolute Gasteiger partial charge is 0.493 e. The zero-order valence-corrected chi connectivity index (χ0v) is 32.1. The lowest BCUT2D eigenvalue weighted by Crippen LogP contribution is -2.06. The summed E-state index contributed by atoms with van der Waals surface area (Å²) in [5.74, 6) is 4.54. The highest BCUT2D eigenvalue weighted by Gasteiger charge is 2.16. The second kappa shape index (κ2) is 18.9. The molecule has 0 spiro atoms. The van der Waals surface area contributed by atoms with Gasteiger partial charge in [0, 0.05) is 59.5 Å². The Hall–Kier alpha value is -6.88. The molecule has 0 radical (unpaired) electrons. The van der Waals surface area contributed by atoms with Crippen LogP contribution in [0.15, 0.2) is 48.5 Å². The number of nitrogens with two attached hydrogens (primary N) is 4. The summed E-state index contributed by atoms with van der Waals surface area (Å²) in [6.45, 7) is 5.13. The first-order valence-corrected chi connectivity index (χ1v) is 16.7. The van der Waals surface area contributed by atoms with E-state index in [4.69, 9.17) is 51.4 Å². The molecule has 17 nitrogen and oxygen atoms in total. The molecule has 0 saturated heterocycles. The smallest absolute Gasteiger partial charge is 0.222 e. The first-order chi connectivity index (χ1) is 26.0. The fourth-order valence-electron chi connectivity index (χ4n) is 6.11. The van der Waals surface area contributed by atoms with Crippen LogP contribution in [0.3, 0.4) is 0 Å². The van der Waals surface area contributed by atoms with E-state index >= 15 is 0 Å². The van der Waals surface area contributed by atoms with Gasteiger partial charge in [0.05, 0.1) is 53.7 Å². The molecule has 12 N–H and O–H groups in total. The molecule has 4 aromatic carbocycles. The quantitative estimate of drug-likeness (QED) is 0.0922. The standard InChI is InChI=1S/2C19H23N5O3.CH4.H2O/c2*1-10-11(5-6-13-16(10)18(20)24-19(21)23-13)9-22-12-7-14(25-2)17(27-4)15(8-12)26-3;;/h2*5-8,22H,9H2,1-4H3,(H4,20,21,23,24);1H4;1H2. The van der Waals surface area contributed by atoms with Crippen LogP contribution in [0.2, 0.25) is 0 Å². The Balaban J connectivity index is 0.000000290. The summed E-state index contributed by atoms with van der Waals surface area (Å²) < 4.78 is 32.3. The molecule has 0 aliphatic carbocycles. The second-order valence-corrected chi connectivity index (χ2v) is 12.0. The van der Waals surface area contributed by atoms with Crippen LogP contribution in [0.25, 0.3) is 21.8 Å². The van der Waals surface area contributed by atoms with Crippen molar-refractivity contribution in [2.45, 2.75) is 34.4 Å². The summed E-state index contributed by atoms with van der Waals surface area (Å²) in [6, 6.07) is 15.2. The average molecular weight is 773 g/mol. The number of nitrogen functional groups attached to an aromatic ring is 4. The van der Waals surface area contributed by atoms with Gasteiger partial charge < -0.3 is 67.5 Å². The number of rotatable bonds is 12. The van der Waals surface area contributed by atoms with Crippen LogP contribution in [0.5, 0.6) is 34.5 Å². The molecule has 2 aromatic heterocycles. The number of methoxy groups -OCH3 is 6. The molecule has 300 valence electrons. The molecule has 56 heavy (non-hydrogen) atoms. The minimum atomic E-state index is 0. The van der Waals surface area contributed by atoms with Crippen molar-refractivity contribution in [3.05, 3.63) is 70.8 Å². The van der Waals surface area contributed by atoms with Crippen molar-refractivity contribution in [2.75, 3.05) is 76.2 Å². The molecule has 0 aliphatic heterocycles. The lowest BCUT2D eigenvalue weighted by Gasteiger charge is -2.16. The number of aromatic nitrogens is 4. The number of nitrogens with one attached hydrogen (secondary N) is 2. The fraction of sp³-hybridized carbons (Fsp3) is 0.282. The normalized spacial score (nSPS) is 10.3.